The van der Waals surface area contributed by atoms with E-state index in [2.05, 4.69) is 15.6 Å². The van der Waals surface area contributed by atoms with E-state index in [0.717, 1.165) is 12.1 Å². The van der Waals surface area contributed by atoms with Crippen LogP contribution < -0.4 is 11.0 Å². The fraction of sp³-hybridized carbons (Fsp3) is 0.158. The fourth-order valence-electron chi connectivity index (χ4n) is 2.38. The molecule has 1 aromatic heterocycles. The Balaban J connectivity index is 2.19. The molecule has 0 spiro atoms. The van der Waals surface area contributed by atoms with E-state index in [1.165, 1.54) is 4.68 Å². The Morgan fingerprint density at radius 2 is 1.72 bits per heavy atom. The summed E-state index contributed by atoms with van der Waals surface area (Å²) in [6.45, 7) is 3.78. The van der Waals surface area contributed by atoms with Gasteiger partial charge in [0.15, 0.2) is 5.69 Å². The van der Waals surface area contributed by atoms with Crippen molar-refractivity contribution in [3.8, 4) is 5.69 Å². The van der Waals surface area contributed by atoms with Crippen LogP contribution in [0.5, 0.6) is 0 Å². The van der Waals surface area contributed by atoms with E-state index in [-0.39, 0.29) is 11.3 Å². The molecule has 1 amide bonds. The average molecular weight is 334 g/mol. The van der Waals surface area contributed by atoms with E-state index in [4.69, 9.17) is 0 Å². The molecule has 0 saturated carbocycles. The third kappa shape index (κ3) is 3.33. The minimum atomic E-state index is -0.450. The highest BCUT2D eigenvalue weighted by atomic mass is 16.2. The predicted octanol–water partition coefficient (Wildman–Crippen LogP) is 2.90. The van der Waals surface area contributed by atoms with Crippen LogP contribution in [-0.2, 0) is 0 Å². The summed E-state index contributed by atoms with van der Waals surface area (Å²) in [5.74, 6) is -0.450. The molecule has 0 aliphatic rings. The van der Waals surface area contributed by atoms with Crippen LogP contribution in [0.15, 0.2) is 64.5 Å². The molecule has 0 saturated heterocycles. The van der Waals surface area contributed by atoms with Crippen LogP contribution >= 0.6 is 0 Å². The molecule has 1 heterocycles. The lowest BCUT2D eigenvalue weighted by molar-refractivity contribution is 0.0950. The normalized spacial score (nSPS) is 11.5. The number of benzene rings is 2. The number of nitrogens with zero attached hydrogens (tertiary/aromatic N) is 3. The topological polar surface area (TPSA) is 76.3 Å². The number of hydrogen-bond acceptors (Lipinski definition) is 4. The number of nitrogens with one attached hydrogen (secondary N) is 1. The van der Waals surface area contributed by atoms with Gasteiger partial charge in [-0.05, 0) is 31.5 Å². The maximum atomic E-state index is 12.8. The number of carbonyl (C=O) groups excluding carboxylic acids is 1. The molecule has 126 valence electrons. The van der Waals surface area contributed by atoms with Crippen LogP contribution in [0.4, 0.5) is 0 Å². The van der Waals surface area contributed by atoms with Gasteiger partial charge < -0.3 is 0 Å². The van der Waals surface area contributed by atoms with E-state index >= 15 is 0 Å². The van der Waals surface area contributed by atoms with Crippen molar-refractivity contribution in [2.45, 2.75) is 20.3 Å². The fourth-order valence-corrected chi connectivity index (χ4v) is 2.38. The Kier molecular flexibility index (Phi) is 4.70. The van der Waals surface area contributed by atoms with Crippen molar-refractivity contribution in [2.24, 2.45) is 5.10 Å². The Hall–Kier alpha value is -3.28. The SMILES string of the molecule is CC/C(C)=N\NC(=O)c1nn(-c2ccccc2)c(=O)c2ccccc12. The summed E-state index contributed by atoms with van der Waals surface area (Å²) < 4.78 is 1.24. The van der Waals surface area contributed by atoms with Crippen molar-refractivity contribution in [3.05, 3.63) is 70.6 Å². The average Bonchev–Trinajstić information content (AvgIpc) is 2.67. The summed E-state index contributed by atoms with van der Waals surface area (Å²) in [5.41, 5.74) is 3.80. The second-order valence-corrected chi connectivity index (χ2v) is 5.59. The van der Waals surface area contributed by atoms with Crippen molar-refractivity contribution < 1.29 is 4.79 Å². The van der Waals surface area contributed by atoms with Crippen molar-refractivity contribution in [3.63, 3.8) is 0 Å². The summed E-state index contributed by atoms with van der Waals surface area (Å²) >= 11 is 0. The molecule has 0 aliphatic heterocycles. The van der Waals surface area contributed by atoms with Gasteiger partial charge in [-0.15, -0.1) is 0 Å². The zero-order valence-electron chi connectivity index (χ0n) is 14.1. The van der Waals surface area contributed by atoms with Gasteiger partial charge in [0.2, 0.25) is 0 Å². The van der Waals surface area contributed by atoms with Crippen LogP contribution in [0.2, 0.25) is 0 Å². The maximum Gasteiger partial charge on any atom is 0.292 e. The molecule has 25 heavy (non-hydrogen) atoms. The van der Waals surface area contributed by atoms with E-state index in [9.17, 15) is 9.59 Å². The molecule has 2 aromatic carbocycles. The quantitative estimate of drug-likeness (QED) is 0.589. The lowest BCUT2D eigenvalue weighted by Crippen LogP contribution is -2.28. The van der Waals surface area contributed by atoms with Crippen molar-refractivity contribution >= 4 is 22.4 Å². The zero-order chi connectivity index (χ0) is 17.8. The molecule has 0 fully saturated rings. The molecule has 0 unspecified atom stereocenters. The highest BCUT2D eigenvalue weighted by Gasteiger charge is 2.17. The summed E-state index contributed by atoms with van der Waals surface area (Å²) in [6.07, 6.45) is 0.734. The van der Waals surface area contributed by atoms with Crippen molar-refractivity contribution in [1.82, 2.24) is 15.2 Å². The van der Waals surface area contributed by atoms with Crippen LogP contribution in [0.25, 0.3) is 16.5 Å². The maximum absolute atomic E-state index is 12.8. The van der Waals surface area contributed by atoms with Crippen LogP contribution in [-0.4, -0.2) is 21.4 Å². The Bertz CT molecular complexity index is 1010. The van der Waals surface area contributed by atoms with Gasteiger partial charge in [-0.3, -0.25) is 9.59 Å². The van der Waals surface area contributed by atoms with E-state index in [1.807, 2.05) is 32.0 Å². The summed E-state index contributed by atoms with van der Waals surface area (Å²) in [7, 11) is 0. The van der Waals surface area contributed by atoms with Crippen molar-refractivity contribution in [2.75, 3.05) is 0 Å². The Labute approximate surface area is 144 Å². The van der Waals surface area contributed by atoms with E-state index < -0.39 is 5.91 Å². The molecule has 6 heteroatoms. The molecule has 0 atom stereocenters. The number of carbonyl (C=O) groups is 1. The first-order chi connectivity index (χ1) is 12.1. The van der Waals surface area contributed by atoms with Crippen LogP contribution in [0, 0.1) is 0 Å². The molecule has 1 N–H and O–H groups in total. The highest BCUT2D eigenvalue weighted by Crippen LogP contribution is 2.15. The second-order valence-electron chi connectivity index (χ2n) is 5.59. The lowest BCUT2D eigenvalue weighted by atomic mass is 10.1. The Morgan fingerprint density at radius 1 is 1.08 bits per heavy atom. The first-order valence-electron chi connectivity index (χ1n) is 8.02. The van der Waals surface area contributed by atoms with E-state index in [1.54, 1.807) is 36.4 Å². The molecular weight excluding hydrogens is 316 g/mol. The second kappa shape index (κ2) is 7.09. The lowest BCUT2D eigenvalue weighted by Gasteiger charge is -2.10. The van der Waals surface area contributed by atoms with Gasteiger partial charge in [-0.25, -0.2) is 5.43 Å². The molecule has 0 radical (unpaired) electrons. The smallest absolute Gasteiger partial charge is 0.267 e. The Morgan fingerprint density at radius 3 is 2.40 bits per heavy atom. The molecule has 0 bridgehead atoms. The third-order valence-corrected chi connectivity index (χ3v) is 3.88. The number of fused-ring (bicyclic) bond motifs is 1. The van der Waals surface area contributed by atoms with Crippen LogP contribution in [0.1, 0.15) is 30.8 Å². The van der Waals surface area contributed by atoms with Crippen LogP contribution in [0.3, 0.4) is 0 Å². The minimum absolute atomic E-state index is 0.159. The van der Waals surface area contributed by atoms with Gasteiger partial charge in [0.05, 0.1) is 11.1 Å². The van der Waals surface area contributed by atoms with Gasteiger partial charge >= 0.3 is 0 Å². The number of rotatable bonds is 4. The van der Waals surface area contributed by atoms with Gasteiger partial charge in [0.25, 0.3) is 11.5 Å². The number of aromatic nitrogens is 2. The number of hydrogen-bond donors (Lipinski definition) is 1. The number of amides is 1. The molecular formula is C19H18N4O2. The standard InChI is InChI=1S/C19H18N4O2/c1-3-13(2)20-21-18(24)17-15-11-7-8-12-16(15)19(25)23(22-17)14-9-5-4-6-10-14/h4-12H,3H2,1-2H3,(H,21,24)/b20-13-. The zero-order valence-corrected chi connectivity index (χ0v) is 14.1. The first kappa shape index (κ1) is 16.6. The monoisotopic (exact) mass is 334 g/mol. The van der Waals surface area contributed by atoms with E-state index in [0.29, 0.717) is 16.5 Å². The van der Waals surface area contributed by atoms with Gasteiger partial charge in [-0.1, -0.05) is 43.3 Å². The van der Waals surface area contributed by atoms with Gasteiger partial charge in [-0.2, -0.15) is 14.9 Å². The molecule has 0 aliphatic carbocycles. The summed E-state index contributed by atoms with van der Waals surface area (Å²) in [5, 5.41) is 9.27. The first-order valence-corrected chi connectivity index (χ1v) is 8.02. The van der Waals surface area contributed by atoms with Gasteiger partial charge in [0.1, 0.15) is 0 Å². The van der Waals surface area contributed by atoms with Crippen molar-refractivity contribution in [1.29, 1.82) is 0 Å². The predicted molar refractivity (Wildman–Crippen MR) is 98.2 cm³/mol. The molecule has 3 aromatic rings. The number of para-hydroxylation sites is 1. The molecule has 3 rings (SSSR count). The highest BCUT2D eigenvalue weighted by molar-refractivity contribution is 6.05. The largest absolute Gasteiger partial charge is 0.292 e. The summed E-state index contributed by atoms with van der Waals surface area (Å²) in [4.78, 5) is 25.3. The number of hydrazone groups is 1. The third-order valence-electron chi connectivity index (χ3n) is 3.88. The summed E-state index contributed by atoms with van der Waals surface area (Å²) in [6, 6.07) is 16.0. The molecule has 6 nitrogen and oxygen atoms in total. The minimum Gasteiger partial charge on any atom is -0.267 e. The van der Waals surface area contributed by atoms with Gasteiger partial charge in [0, 0.05) is 11.1 Å².